The van der Waals surface area contributed by atoms with Gasteiger partial charge in [0.1, 0.15) is 0 Å². The summed E-state index contributed by atoms with van der Waals surface area (Å²) < 4.78 is 6.22. The minimum atomic E-state index is -2.22. The number of nitrogens with zero attached hydrogens (tertiary/aromatic N) is 1. The maximum absolute atomic E-state index is 11.7. The molecule has 3 heteroatoms. The first kappa shape index (κ1) is 24.0. The van der Waals surface area contributed by atoms with Crippen LogP contribution in [0.3, 0.4) is 0 Å². The van der Waals surface area contributed by atoms with Gasteiger partial charge in [0.2, 0.25) is 0 Å². The minimum absolute atomic E-state index is 0.262. The van der Waals surface area contributed by atoms with Crippen molar-refractivity contribution in [3.8, 4) is 0 Å². The molecule has 0 aromatic rings. The predicted molar refractivity (Wildman–Crippen MR) is 111 cm³/mol. The average molecular weight is 444 g/mol. The van der Waals surface area contributed by atoms with Gasteiger partial charge in [-0.1, -0.05) is 0 Å². The Hall–Kier alpha value is 0.00870. The van der Waals surface area contributed by atoms with E-state index in [4.69, 9.17) is 0 Å². The van der Waals surface area contributed by atoms with Crippen molar-refractivity contribution >= 4 is 24.3 Å². The van der Waals surface area contributed by atoms with Gasteiger partial charge in [-0.25, -0.2) is 0 Å². The van der Waals surface area contributed by atoms with Crippen LogP contribution >= 0.6 is 0 Å². The number of carbonyl (C=O) groups excluding carboxylic acids is 1. The summed E-state index contributed by atoms with van der Waals surface area (Å²) in [6.45, 7) is 11.6. The molecule has 0 N–H and O–H groups in total. The van der Waals surface area contributed by atoms with E-state index in [0.717, 1.165) is 12.8 Å². The molecule has 0 aliphatic heterocycles. The van der Waals surface area contributed by atoms with Crippen molar-refractivity contribution in [2.24, 2.45) is 0 Å². The van der Waals surface area contributed by atoms with E-state index in [1.807, 2.05) is 14.1 Å². The molecule has 0 saturated heterocycles. The fourth-order valence-corrected chi connectivity index (χ4v) is 19.6. The third-order valence-corrected chi connectivity index (χ3v) is 21.6. The second kappa shape index (κ2) is 14.2. The summed E-state index contributed by atoms with van der Waals surface area (Å²) in [5.74, 6) is 0.262. The van der Waals surface area contributed by atoms with E-state index in [9.17, 15) is 4.79 Å². The zero-order valence-electron chi connectivity index (χ0n) is 17.3. The summed E-state index contributed by atoms with van der Waals surface area (Å²) in [7, 11) is 3.70. The molecule has 1 amide bonds. The Morgan fingerprint density at radius 1 is 0.792 bits per heavy atom. The maximum atomic E-state index is 11.7. The third kappa shape index (κ3) is 9.48. The van der Waals surface area contributed by atoms with E-state index in [1.54, 1.807) is 8.49 Å². The number of hydrogen-bond acceptors (Lipinski definition) is 1. The molecule has 0 aromatic heterocycles. The van der Waals surface area contributed by atoms with E-state index < -0.39 is 18.4 Å². The Kier molecular flexibility index (Phi) is 14.2. The Morgan fingerprint density at radius 2 is 1.21 bits per heavy atom. The van der Waals surface area contributed by atoms with E-state index in [2.05, 4.69) is 27.4 Å². The van der Waals surface area contributed by atoms with Crippen LogP contribution in [0.4, 0.5) is 0 Å². The predicted octanol–water partition coefficient (Wildman–Crippen LogP) is 6.58. The summed E-state index contributed by atoms with van der Waals surface area (Å²) >= 11 is -2.22. The molecule has 0 aliphatic carbocycles. The zero-order valence-corrected chi connectivity index (χ0v) is 20.1. The second-order valence-corrected chi connectivity index (χ2v) is 21.3. The van der Waals surface area contributed by atoms with Gasteiger partial charge in [-0.3, -0.25) is 0 Å². The SMILES string of the molecule is C=[C](CCCCC(=O)N(C)C)[Sn]([CH2]CCC)([CH2]CCC)[CH2]CCC. The van der Waals surface area contributed by atoms with Crippen molar-refractivity contribution in [1.29, 1.82) is 0 Å². The van der Waals surface area contributed by atoms with Crippen LogP contribution in [0.2, 0.25) is 13.3 Å². The van der Waals surface area contributed by atoms with Gasteiger partial charge in [0, 0.05) is 0 Å². The van der Waals surface area contributed by atoms with Crippen LogP contribution in [0.15, 0.2) is 10.2 Å². The molecule has 0 rings (SSSR count). The molecule has 0 heterocycles. The number of rotatable bonds is 15. The topological polar surface area (TPSA) is 20.3 Å². The summed E-state index contributed by atoms with van der Waals surface area (Å²) in [5, 5.41) is 0. The van der Waals surface area contributed by atoms with E-state index >= 15 is 0 Å². The molecular weight excluding hydrogens is 401 g/mol. The van der Waals surface area contributed by atoms with Crippen LogP contribution in [0.5, 0.6) is 0 Å². The van der Waals surface area contributed by atoms with Crippen LogP contribution in [0.1, 0.15) is 85.0 Å². The van der Waals surface area contributed by atoms with Gasteiger partial charge in [-0.15, -0.1) is 0 Å². The molecule has 0 spiro atoms. The van der Waals surface area contributed by atoms with E-state index in [1.165, 1.54) is 58.3 Å². The van der Waals surface area contributed by atoms with Gasteiger partial charge in [-0.05, 0) is 0 Å². The first-order valence-electron chi connectivity index (χ1n) is 10.3. The molecule has 0 atom stereocenters. The Morgan fingerprint density at radius 3 is 1.58 bits per heavy atom. The van der Waals surface area contributed by atoms with Crippen molar-refractivity contribution in [3.63, 3.8) is 0 Å². The number of unbranched alkanes of at least 4 members (excludes halogenated alkanes) is 4. The number of carbonyl (C=O) groups is 1. The van der Waals surface area contributed by atoms with Crippen LogP contribution in [-0.2, 0) is 4.79 Å². The van der Waals surface area contributed by atoms with Crippen LogP contribution in [0, 0.1) is 0 Å². The molecule has 24 heavy (non-hydrogen) atoms. The van der Waals surface area contributed by atoms with Gasteiger partial charge >= 0.3 is 157 Å². The summed E-state index contributed by atoms with van der Waals surface area (Å²) in [4.78, 5) is 13.4. The quantitative estimate of drug-likeness (QED) is 0.206. The summed E-state index contributed by atoms with van der Waals surface area (Å²) in [6.07, 6.45) is 12.2. The van der Waals surface area contributed by atoms with E-state index in [0.29, 0.717) is 6.42 Å². The second-order valence-electron chi connectivity index (χ2n) is 7.69. The first-order chi connectivity index (χ1) is 11.4. The molecular formula is C21H43NOSn. The molecule has 142 valence electrons. The fraction of sp³-hybridized carbons (Fsp3) is 0.857. The van der Waals surface area contributed by atoms with Gasteiger partial charge in [-0.2, -0.15) is 0 Å². The van der Waals surface area contributed by atoms with E-state index in [-0.39, 0.29) is 5.91 Å². The molecule has 0 aliphatic rings. The fourth-order valence-electron chi connectivity index (χ4n) is 3.55. The van der Waals surface area contributed by atoms with Gasteiger partial charge in [0.05, 0.1) is 0 Å². The van der Waals surface area contributed by atoms with Crippen molar-refractivity contribution in [2.45, 2.75) is 98.3 Å². The third-order valence-electron chi connectivity index (χ3n) is 5.39. The molecule has 0 unspecified atom stereocenters. The van der Waals surface area contributed by atoms with Crippen molar-refractivity contribution in [1.82, 2.24) is 4.90 Å². The normalized spacial score (nSPS) is 11.5. The zero-order chi connectivity index (χ0) is 18.4. The Bertz CT molecular complexity index is 330. The molecule has 0 saturated carbocycles. The number of amides is 1. The molecule has 2 nitrogen and oxygen atoms in total. The van der Waals surface area contributed by atoms with Crippen molar-refractivity contribution < 1.29 is 4.79 Å². The number of allylic oxidation sites excluding steroid dienone is 1. The summed E-state index contributed by atoms with van der Waals surface area (Å²) in [5.41, 5.74) is 0. The standard InChI is InChI=1S/C9H16NO.3C4H9.Sn/c1-4-5-6-7-8-9(11)10(2)3;3*1-3-4-2;/h1,5-8H2,2-3H3;3*1,3-4H2,2H3;. The van der Waals surface area contributed by atoms with Crippen molar-refractivity contribution in [2.75, 3.05) is 14.1 Å². The molecule has 0 bridgehead atoms. The molecule has 0 radical (unpaired) electrons. The van der Waals surface area contributed by atoms with Gasteiger partial charge in [0.15, 0.2) is 0 Å². The molecule has 0 fully saturated rings. The molecule has 0 aromatic carbocycles. The van der Waals surface area contributed by atoms with Crippen LogP contribution in [-0.4, -0.2) is 43.3 Å². The Labute approximate surface area is 156 Å². The first-order valence-corrected chi connectivity index (χ1v) is 17.8. The van der Waals surface area contributed by atoms with Crippen LogP contribution < -0.4 is 0 Å². The van der Waals surface area contributed by atoms with Crippen LogP contribution in [0.25, 0.3) is 0 Å². The number of hydrogen-bond donors (Lipinski definition) is 0. The Balaban J connectivity index is 4.70. The summed E-state index contributed by atoms with van der Waals surface area (Å²) in [6, 6.07) is 0. The monoisotopic (exact) mass is 445 g/mol. The van der Waals surface area contributed by atoms with Crippen molar-refractivity contribution in [3.05, 3.63) is 10.2 Å². The average Bonchev–Trinajstić information content (AvgIpc) is 2.57. The van der Waals surface area contributed by atoms with Gasteiger partial charge < -0.3 is 0 Å². The van der Waals surface area contributed by atoms with Gasteiger partial charge in [0.25, 0.3) is 0 Å².